The summed E-state index contributed by atoms with van der Waals surface area (Å²) < 4.78 is 23.3. The Bertz CT molecular complexity index is 400. The van der Waals surface area contributed by atoms with Crippen molar-refractivity contribution in [3.63, 3.8) is 0 Å². The molecule has 1 aromatic rings. The summed E-state index contributed by atoms with van der Waals surface area (Å²) in [4.78, 5) is 7.41. The van der Waals surface area contributed by atoms with E-state index in [-0.39, 0.29) is 16.8 Å². The molecule has 0 unspecified atom stereocenters. The van der Waals surface area contributed by atoms with Gasteiger partial charge in [-0.2, -0.15) is 0 Å². The minimum atomic E-state index is -3.37. The standard InChI is InChI=1S/C9H12N2O2S/c1-3-8(2)7-14(12,13)9-10-5-4-6-11-9/h3-6,8H,1,7H2,2H3/t8-/m0/s1. The van der Waals surface area contributed by atoms with E-state index in [1.807, 2.05) is 0 Å². The van der Waals surface area contributed by atoms with Crippen LogP contribution in [-0.2, 0) is 9.84 Å². The number of nitrogens with zero attached hydrogens (tertiary/aromatic N) is 2. The highest BCUT2D eigenvalue weighted by Crippen LogP contribution is 2.08. The summed E-state index contributed by atoms with van der Waals surface area (Å²) in [5, 5.41) is -0.117. The largest absolute Gasteiger partial charge is 0.247 e. The maximum atomic E-state index is 11.6. The normalized spacial score (nSPS) is 13.5. The lowest BCUT2D eigenvalue weighted by molar-refractivity contribution is 0.579. The van der Waals surface area contributed by atoms with Gasteiger partial charge in [-0.15, -0.1) is 6.58 Å². The third kappa shape index (κ3) is 2.63. The molecule has 0 aromatic carbocycles. The second kappa shape index (κ2) is 4.32. The fourth-order valence-corrected chi connectivity index (χ4v) is 2.35. The van der Waals surface area contributed by atoms with Gasteiger partial charge in [0.05, 0.1) is 5.75 Å². The van der Waals surface area contributed by atoms with Crippen LogP contribution >= 0.6 is 0 Å². The highest BCUT2D eigenvalue weighted by molar-refractivity contribution is 7.91. The fourth-order valence-electron chi connectivity index (χ4n) is 0.935. The lowest BCUT2D eigenvalue weighted by Gasteiger charge is -2.05. The van der Waals surface area contributed by atoms with E-state index in [4.69, 9.17) is 0 Å². The molecule has 0 aliphatic carbocycles. The first kappa shape index (κ1) is 10.8. The molecule has 0 aliphatic heterocycles. The maximum Gasteiger partial charge on any atom is 0.247 e. The van der Waals surface area contributed by atoms with Gasteiger partial charge in [-0.1, -0.05) is 13.0 Å². The second-order valence-corrected chi connectivity index (χ2v) is 4.95. The van der Waals surface area contributed by atoms with Crippen molar-refractivity contribution in [3.05, 3.63) is 31.1 Å². The van der Waals surface area contributed by atoms with Crippen LogP contribution in [0.3, 0.4) is 0 Å². The van der Waals surface area contributed by atoms with Crippen molar-refractivity contribution < 1.29 is 8.42 Å². The van der Waals surface area contributed by atoms with Gasteiger partial charge >= 0.3 is 0 Å². The third-order valence-corrected chi connectivity index (χ3v) is 3.44. The van der Waals surface area contributed by atoms with Crippen LogP contribution < -0.4 is 0 Å². The molecule has 14 heavy (non-hydrogen) atoms. The summed E-state index contributed by atoms with van der Waals surface area (Å²) in [7, 11) is -3.37. The summed E-state index contributed by atoms with van der Waals surface area (Å²) in [5.41, 5.74) is 0. The van der Waals surface area contributed by atoms with E-state index in [1.54, 1.807) is 19.1 Å². The highest BCUT2D eigenvalue weighted by Gasteiger charge is 2.19. The Balaban J connectivity index is 2.92. The van der Waals surface area contributed by atoms with Crippen LogP contribution in [-0.4, -0.2) is 24.1 Å². The average molecular weight is 212 g/mol. The first-order chi connectivity index (χ1) is 6.56. The molecule has 1 aromatic heterocycles. The number of hydrogen-bond donors (Lipinski definition) is 0. The number of aromatic nitrogens is 2. The SMILES string of the molecule is C=C[C@H](C)CS(=O)(=O)c1ncccn1. The van der Waals surface area contributed by atoms with Gasteiger partial charge in [-0.25, -0.2) is 18.4 Å². The Labute approximate surface area is 83.6 Å². The minimum Gasteiger partial charge on any atom is -0.227 e. The molecular formula is C9H12N2O2S. The summed E-state index contributed by atoms with van der Waals surface area (Å²) in [6.45, 7) is 5.32. The zero-order valence-corrected chi connectivity index (χ0v) is 8.74. The van der Waals surface area contributed by atoms with E-state index < -0.39 is 9.84 Å². The van der Waals surface area contributed by atoms with Crippen LogP contribution in [0.25, 0.3) is 0 Å². The van der Waals surface area contributed by atoms with Gasteiger partial charge in [0.1, 0.15) is 0 Å². The lowest BCUT2D eigenvalue weighted by atomic mass is 10.2. The molecule has 0 saturated heterocycles. The van der Waals surface area contributed by atoms with Gasteiger partial charge in [0.2, 0.25) is 15.0 Å². The van der Waals surface area contributed by atoms with E-state index in [1.165, 1.54) is 12.4 Å². The Morgan fingerprint density at radius 1 is 1.50 bits per heavy atom. The molecule has 0 aliphatic rings. The zero-order chi connectivity index (χ0) is 10.6. The first-order valence-corrected chi connectivity index (χ1v) is 5.84. The lowest BCUT2D eigenvalue weighted by Crippen LogP contribution is -2.15. The molecule has 76 valence electrons. The van der Waals surface area contributed by atoms with Gasteiger partial charge in [0.25, 0.3) is 0 Å². The molecular weight excluding hydrogens is 200 g/mol. The molecule has 0 saturated carbocycles. The van der Waals surface area contributed by atoms with E-state index in [0.29, 0.717) is 0 Å². The molecule has 1 heterocycles. The average Bonchev–Trinajstić information content (AvgIpc) is 2.18. The fraction of sp³-hybridized carbons (Fsp3) is 0.333. The molecule has 1 rings (SSSR count). The molecule has 0 radical (unpaired) electrons. The highest BCUT2D eigenvalue weighted by atomic mass is 32.2. The molecule has 0 fully saturated rings. The van der Waals surface area contributed by atoms with Crippen molar-refractivity contribution in [2.75, 3.05) is 5.75 Å². The summed E-state index contributed by atoms with van der Waals surface area (Å²) in [6, 6.07) is 1.58. The number of sulfone groups is 1. The van der Waals surface area contributed by atoms with Crippen molar-refractivity contribution >= 4 is 9.84 Å². The van der Waals surface area contributed by atoms with E-state index >= 15 is 0 Å². The van der Waals surface area contributed by atoms with E-state index in [2.05, 4.69) is 16.5 Å². The van der Waals surface area contributed by atoms with Crippen molar-refractivity contribution in [1.82, 2.24) is 9.97 Å². The number of allylic oxidation sites excluding steroid dienone is 1. The van der Waals surface area contributed by atoms with Crippen molar-refractivity contribution in [3.8, 4) is 0 Å². The van der Waals surface area contributed by atoms with Crippen LogP contribution in [0.4, 0.5) is 0 Å². The van der Waals surface area contributed by atoms with Gasteiger partial charge in [-0.05, 0) is 12.0 Å². The molecule has 0 N–H and O–H groups in total. The van der Waals surface area contributed by atoms with Crippen LogP contribution in [0.1, 0.15) is 6.92 Å². The van der Waals surface area contributed by atoms with Crippen LogP contribution in [0.15, 0.2) is 36.3 Å². The van der Waals surface area contributed by atoms with Crippen LogP contribution in [0, 0.1) is 5.92 Å². The van der Waals surface area contributed by atoms with Crippen molar-refractivity contribution in [2.45, 2.75) is 12.1 Å². The Hall–Kier alpha value is -1.23. The van der Waals surface area contributed by atoms with Gasteiger partial charge in [0, 0.05) is 12.4 Å². The second-order valence-electron chi connectivity index (χ2n) is 3.03. The Morgan fingerprint density at radius 3 is 2.57 bits per heavy atom. The zero-order valence-electron chi connectivity index (χ0n) is 7.92. The summed E-state index contributed by atoms with van der Waals surface area (Å²) >= 11 is 0. The molecule has 0 bridgehead atoms. The van der Waals surface area contributed by atoms with Crippen molar-refractivity contribution in [1.29, 1.82) is 0 Å². The van der Waals surface area contributed by atoms with Gasteiger partial charge in [-0.3, -0.25) is 0 Å². The van der Waals surface area contributed by atoms with Gasteiger partial charge < -0.3 is 0 Å². The molecule has 0 spiro atoms. The monoisotopic (exact) mass is 212 g/mol. The number of hydrogen-bond acceptors (Lipinski definition) is 4. The minimum absolute atomic E-state index is 0.000509. The van der Waals surface area contributed by atoms with E-state index in [9.17, 15) is 8.42 Å². The van der Waals surface area contributed by atoms with Crippen LogP contribution in [0.2, 0.25) is 0 Å². The van der Waals surface area contributed by atoms with Gasteiger partial charge in [0.15, 0.2) is 0 Å². The molecule has 4 nitrogen and oxygen atoms in total. The molecule has 1 atom stereocenters. The Morgan fingerprint density at radius 2 is 2.07 bits per heavy atom. The number of rotatable bonds is 4. The maximum absolute atomic E-state index is 11.6. The van der Waals surface area contributed by atoms with Crippen LogP contribution in [0.5, 0.6) is 0 Å². The van der Waals surface area contributed by atoms with Crippen molar-refractivity contribution in [2.24, 2.45) is 5.92 Å². The third-order valence-electron chi connectivity index (χ3n) is 1.70. The summed E-state index contributed by atoms with van der Waals surface area (Å²) in [5.74, 6) is -0.0932. The Kier molecular flexibility index (Phi) is 3.35. The topological polar surface area (TPSA) is 59.9 Å². The summed E-state index contributed by atoms with van der Waals surface area (Å²) in [6.07, 6.45) is 4.43. The first-order valence-electron chi connectivity index (χ1n) is 4.18. The molecule has 5 heteroatoms. The predicted octanol–water partition coefficient (Wildman–Crippen LogP) is 1.07. The predicted molar refractivity (Wildman–Crippen MR) is 53.4 cm³/mol. The molecule has 0 amide bonds. The quantitative estimate of drug-likeness (QED) is 0.553. The smallest absolute Gasteiger partial charge is 0.227 e. The van der Waals surface area contributed by atoms with E-state index in [0.717, 1.165) is 0 Å².